The van der Waals surface area contributed by atoms with Crippen LogP contribution in [0.1, 0.15) is 44.7 Å². The number of hydrogen-bond acceptors (Lipinski definition) is 3. The summed E-state index contributed by atoms with van der Waals surface area (Å²) in [6.45, 7) is -0.249. The van der Waals surface area contributed by atoms with Crippen molar-refractivity contribution in [1.29, 1.82) is 0 Å². The number of aromatic nitrogens is 1. The topological polar surface area (TPSA) is 39.2 Å². The van der Waals surface area contributed by atoms with Gasteiger partial charge in [0.15, 0.2) is 0 Å². The lowest BCUT2D eigenvalue weighted by molar-refractivity contribution is -0.137. The molecule has 0 radical (unpaired) electrons. The van der Waals surface area contributed by atoms with Crippen LogP contribution in [0.5, 0.6) is 0 Å². The maximum Gasteiger partial charge on any atom is 0.416 e. The third kappa shape index (κ3) is 4.31. The highest BCUT2D eigenvalue weighted by molar-refractivity contribution is 6.07. The minimum Gasteiger partial charge on any atom is -0.457 e. The van der Waals surface area contributed by atoms with E-state index in [4.69, 9.17) is 9.72 Å². The molecule has 0 aliphatic heterocycles. The lowest BCUT2D eigenvalue weighted by Gasteiger charge is -2.13. The predicted molar refractivity (Wildman–Crippen MR) is 125 cm³/mol. The number of rotatable bonds is 4. The van der Waals surface area contributed by atoms with Crippen molar-refractivity contribution in [3.63, 3.8) is 0 Å². The Bertz CT molecular complexity index is 1410. The lowest BCUT2D eigenvalue weighted by atomic mass is 10.0. The van der Waals surface area contributed by atoms with E-state index in [1.165, 1.54) is 12.1 Å². The zero-order valence-corrected chi connectivity index (χ0v) is 18.1. The van der Waals surface area contributed by atoms with Gasteiger partial charge in [0.25, 0.3) is 0 Å². The first-order valence-electron chi connectivity index (χ1n) is 10.9. The number of carbonyl (C=O) groups is 1. The number of ether oxygens (including phenoxy) is 1. The Balaban J connectivity index is 1.50. The molecule has 0 amide bonds. The van der Waals surface area contributed by atoms with Crippen LogP contribution in [-0.4, -0.2) is 11.0 Å². The number of fused-ring (bicyclic) bond motifs is 2. The van der Waals surface area contributed by atoms with Crippen molar-refractivity contribution in [1.82, 2.24) is 4.98 Å². The molecule has 0 bridgehead atoms. The van der Waals surface area contributed by atoms with Gasteiger partial charge in [0.2, 0.25) is 0 Å². The Morgan fingerprint density at radius 2 is 1.71 bits per heavy atom. The molecule has 1 aliphatic carbocycles. The highest BCUT2D eigenvalue weighted by Crippen LogP contribution is 2.38. The Labute approximate surface area is 194 Å². The SMILES string of the molecule is O=C(OCc1cccc(C(F)(F)F)c1)c1c2c(nc3ccccc13)C(=Cc1ccccc1)CC2. The molecule has 0 N–H and O–H groups in total. The van der Waals surface area contributed by atoms with Crippen LogP contribution in [0.4, 0.5) is 13.2 Å². The summed E-state index contributed by atoms with van der Waals surface area (Å²) in [5.41, 5.74) is 4.29. The van der Waals surface area contributed by atoms with Crippen molar-refractivity contribution in [2.75, 3.05) is 0 Å². The first-order valence-corrected chi connectivity index (χ1v) is 10.9. The standard InChI is InChI=1S/C28H20F3NO2/c29-28(30,31)21-10-6-9-19(16-21)17-34-27(33)25-22-11-4-5-12-24(22)32-26-20(13-14-23(25)26)15-18-7-2-1-3-8-18/h1-12,15-16H,13-14,17H2. The minimum absolute atomic E-state index is 0.249. The summed E-state index contributed by atoms with van der Waals surface area (Å²) in [4.78, 5) is 18.1. The summed E-state index contributed by atoms with van der Waals surface area (Å²) < 4.78 is 44.6. The lowest BCUT2D eigenvalue weighted by Crippen LogP contribution is -2.11. The van der Waals surface area contributed by atoms with E-state index in [9.17, 15) is 18.0 Å². The van der Waals surface area contributed by atoms with Crippen molar-refractivity contribution in [2.24, 2.45) is 0 Å². The van der Waals surface area contributed by atoms with Crippen LogP contribution in [0.25, 0.3) is 22.6 Å². The fraction of sp³-hybridized carbons (Fsp3) is 0.143. The average Bonchev–Trinajstić information content (AvgIpc) is 3.23. The molecule has 0 unspecified atom stereocenters. The third-order valence-electron chi connectivity index (χ3n) is 5.91. The first-order chi connectivity index (χ1) is 16.4. The molecule has 1 aromatic heterocycles. The third-order valence-corrected chi connectivity index (χ3v) is 5.91. The van der Waals surface area contributed by atoms with Crippen LogP contribution in [0.3, 0.4) is 0 Å². The largest absolute Gasteiger partial charge is 0.457 e. The van der Waals surface area contributed by atoms with Gasteiger partial charge in [-0.05, 0) is 59.4 Å². The van der Waals surface area contributed by atoms with E-state index in [1.54, 1.807) is 0 Å². The number of allylic oxidation sites excluding steroid dienone is 1. The summed E-state index contributed by atoms with van der Waals surface area (Å²) in [6, 6.07) is 22.1. The summed E-state index contributed by atoms with van der Waals surface area (Å²) >= 11 is 0. The van der Waals surface area contributed by atoms with E-state index in [0.717, 1.165) is 40.9 Å². The van der Waals surface area contributed by atoms with E-state index < -0.39 is 17.7 Å². The van der Waals surface area contributed by atoms with Crippen molar-refractivity contribution in [3.8, 4) is 0 Å². The number of carbonyl (C=O) groups excluding carboxylic acids is 1. The molecule has 0 atom stereocenters. The second kappa shape index (κ2) is 8.78. The molecule has 3 aromatic carbocycles. The molecular formula is C28H20F3NO2. The summed E-state index contributed by atoms with van der Waals surface area (Å²) in [6.07, 6.45) is -1.00. The van der Waals surface area contributed by atoms with Gasteiger partial charge in [-0.3, -0.25) is 0 Å². The van der Waals surface area contributed by atoms with Crippen LogP contribution >= 0.6 is 0 Å². The fourth-order valence-electron chi connectivity index (χ4n) is 4.32. The Hall–Kier alpha value is -3.93. The van der Waals surface area contributed by atoms with E-state index in [2.05, 4.69) is 6.08 Å². The molecule has 3 nitrogen and oxygen atoms in total. The number of benzene rings is 3. The molecule has 34 heavy (non-hydrogen) atoms. The van der Waals surface area contributed by atoms with E-state index >= 15 is 0 Å². The van der Waals surface area contributed by atoms with E-state index in [0.29, 0.717) is 22.9 Å². The molecule has 1 heterocycles. The summed E-state index contributed by atoms with van der Waals surface area (Å²) in [5.74, 6) is -0.562. The molecule has 0 fully saturated rings. The van der Waals surface area contributed by atoms with Crippen molar-refractivity contribution >= 4 is 28.5 Å². The molecule has 0 saturated heterocycles. The number of nitrogens with zero attached hydrogens (tertiary/aromatic N) is 1. The van der Waals surface area contributed by atoms with Gasteiger partial charge in [-0.25, -0.2) is 9.78 Å². The number of esters is 1. The second-order valence-electron chi connectivity index (χ2n) is 8.19. The van der Waals surface area contributed by atoms with E-state index in [1.807, 2.05) is 54.6 Å². The van der Waals surface area contributed by atoms with Crippen LogP contribution in [0, 0.1) is 0 Å². The van der Waals surface area contributed by atoms with Gasteiger partial charge in [0.05, 0.1) is 22.3 Å². The Kier molecular flexibility index (Phi) is 5.65. The van der Waals surface area contributed by atoms with Crippen molar-refractivity contribution < 1.29 is 22.7 Å². The van der Waals surface area contributed by atoms with Crippen LogP contribution in [-0.2, 0) is 23.9 Å². The monoisotopic (exact) mass is 459 g/mol. The second-order valence-corrected chi connectivity index (χ2v) is 8.19. The maximum atomic E-state index is 13.2. The summed E-state index contributed by atoms with van der Waals surface area (Å²) in [7, 11) is 0. The van der Waals surface area contributed by atoms with Gasteiger partial charge in [-0.15, -0.1) is 0 Å². The first kappa shape index (κ1) is 21.9. The number of pyridine rings is 1. The molecule has 0 saturated carbocycles. The quantitative estimate of drug-likeness (QED) is 0.306. The minimum atomic E-state index is -4.45. The molecule has 0 spiro atoms. The van der Waals surface area contributed by atoms with Crippen LogP contribution in [0.2, 0.25) is 0 Å². The van der Waals surface area contributed by atoms with Gasteiger partial charge in [0, 0.05) is 5.39 Å². The average molecular weight is 459 g/mol. The van der Waals surface area contributed by atoms with Gasteiger partial charge < -0.3 is 4.74 Å². The van der Waals surface area contributed by atoms with Gasteiger partial charge in [-0.1, -0.05) is 60.7 Å². The zero-order chi connectivity index (χ0) is 23.7. The zero-order valence-electron chi connectivity index (χ0n) is 18.1. The number of para-hydroxylation sites is 1. The molecular weight excluding hydrogens is 439 g/mol. The normalized spacial score (nSPS) is 14.4. The maximum absolute atomic E-state index is 13.2. The smallest absolute Gasteiger partial charge is 0.416 e. The molecule has 6 heteroatoms. The predicted octanol–water partition coefficient (Wildman–Crippen LogP) is 7.10. The Morgan fingerprint density at radius 3 is 2.50 bits per heavy atom. The van der Waals surface area contributed by atoms with E-state index in [-0.39, 0.29) is 12.2 Å². The van der Waals surface area contributed by atoms with Crippen molar-refractivity contribution in [3.05, 3.63) is 112 Å². The van der Waals surface area contributed by atoms with Crippen LogP contribution < -0.4 is 0 Å². The highest BCUT2D eigenvalue weighted by atomic mass is 19.4. The Morgan fingerprint density at radius 1 is 0.941 bits per heavy atom. The number of halogens is 3. The highest BCUT2D eigenvalue weighted by Gasteiger charge is 2.31. The molecule has 5 rings (SSSR count). The fourth-order valence-corrected chi connectivity index (χ4v) is 4.32. The molecule has 170 valence electrons. The van der Waals surface area contributed by atoms with Crippen LogP contribution in [0.15, 0.2) is 78.9 Å². The number of hydrogen-bond donors (Lipinski definition) is 0. The van der Waals surface area contributed by atoms with Gasteiger partial charge >= 0.3 is 12.1 Å². The molecule has 1 aliphatic rings. The number of alkyl halides is 3. The van der Waals surface area contributed by atoms with Gasteiger partial charge in [-0.2, -0.15) is 13.2 Å². The van der Waals surface area contributed by atoms with Gasteiger partial charge in [0.1, 0.15) is 6.61 Å². The molecule has 4 aromatic rings. The summed E-state index contributed by atoms with van der Waals surface area (Å²) in [5, 5.41) is 0.677. The van der Waals surface area contributed by atoms with Crippen molar-refractivity contribution in [2.45, 2.75) is 25.6 Å².